The summed E-state index contributed by atoms with van der Waals surface area (Å²) in [5.41, 5.74) is 9.18. The number of nitrogens with two attached hydrogens (primary N) is 1. The summed E-state index contributed by atoms with van der Waals surface area (Å²) in [6.07, 6.45) is 5.33. The minimum absolute atomic E-state index is 0.0551. The summed E-state index contributed by atoms with van der Waals surface area (Å²) in [5, 5.41) is 0.757. The number of aryl methyl sites for hydroxylation is 2. The zero-order valence-electron chi connectivity index (χ0n) is 28.9. The van der Waals surface area contributed by atoms with Crippen molar-refractivity contribution in [3.8, 4) is 16.9 Å². The average Bonchev–Trinajstić information content (AvgIpc) is 2.99. The quantitative estimate of drug-likeness (QED) is 0.0430. The van der Waals surface area contributed by atoms with Crippen molar-refractivity contribution >= 4 is 39.5 Å². The summed E-state index contributed by atoms with van der Waals surface area (Å²) in [4.78, 5) is 25.7. The third kappa shape index (κ3) is 12.5. The summed E-state index contributed by atoms with van der Waals surface area (Å²) < 4.78 is 45.7. The molecule has 3 aromatic rings. The van der Waals surface area contributed by atoms with Crippen LogP contribution in [0.15, 0.2) is 51.7 Å². The first-order valence-electron chi connectivity index (χ1n) is 16.9. The molecule has 0 spiro atoms. The minimum atomic E-state index is -2.91. The zero-order chi connectivity index (χ0) is 34.8. The van der Waals surface area contributed by atoms with Crippen molar-refractivity contribution in [2.75, 3.05) is 13.2 Å². The normalized spacial score (nSPS) is 13.1. The highest BCUT2D eigenvalue weighted by Gasteiger charge is 2.37. The molecule has 1 unspecified atom stereocenters. The molecule has 2 aromatic carbocycles. The number of carbonyl (C=O) groups is 1. The fourth-order valence-electron chi connectivity index (χ4n) is 5.69. The highest BCUT2D eigenvalue weighted by Crippen LogP contribution is 2.33. The van der Waals surface area contributed by atoms with Gasteiger partial charge in [-0.25, -0.2) is 13.6 Å². The van der Waals surface area contributed by atoms with E-state index in [1.54, 1.807) is 26.0 Å². The van der Waals surface area contributed by atoms with E-state index in [1.807, 2.05) is 32.0 Å². The molecular formula is C38H52F2INO5. The summed E-state index contributed by atoms with van der Waals surface area (Å²) >= 11 is 2.26. The Hall–Kier alpha value is -2.53. The molecule has 260 valence electrons. The van der Waals surface area contributed by atoms with Crippen LogP contribution in [0.4, 0.5) is 8.78 Å². The molecule has 9 heteroatoms. The molecule has 3 rings (SSSR count). The molecule has 0 aliphatic heterocycles. The molecule has 0 saturated heterocycles. The molecule has 0 saturated carbocycles. The Morgan fingerprint density at radius 1 is 0.936 bits per heavy atom. The highest BCUT2D eigenvalue weighted by atomic mass is 127. The molecule has 0 amide bonds. The number of esters is 1. The largest absolute Gasteiger partial charge is 0.493 e. The lowest BCUT2D eigenvalue weighted by Gasteiger charge is -2.32. The maximum Gasteiger partial charge on any atom is 0.344 e. The van der Waals surface area contributed by atoms with Gasteiger partial charge in [-0.05, 0) is 87.3 Å². The molecule has 0 aliphatic rings. The molecular weight excluding hydrogens is 715 g/mol. The molecule has 0 fully saturated rings. The first-order chi connectivity index (χ1) is 22.0. The van der Waals surface area contributed by atoms with E-state index in [2.05, 4.69) is 48.6 Å². The van der Waals surface area contributed by atoms with Gasteiger partial charge in [0.1, 0.15) is 11.3 Å². The molecule has 1 atom stereocenters. The number of benzene rings is 2. The van der Waals surface area contributed by atoms with Gasteiger partial charge in [0.25, 0.3) is 0 Å². The topological polar surface area (TPSA) is 91.8 Å². The van der Waals surface area contributed by atoms with Gasteiger partial charge in [-0.1, -0.05) is 81.3 Å². The fraction of sp³-hybridized carbons (Fsp3) is 0.579. The second kappa shape index (κ2) is 17.2. The van der Waals surface area contributed by atoms with Crippen LogP contribution in [0.1, 0.15) is 104 Å². The number of unbranched alkanes of at least 4 members (excludes halogenated alkanes) is 2. The lowest BCUT2D eigenvalue weighted by atomic mass is 9.82. The summed E-state index contributed by atoms with van der Waals surface area (Å²) in [5.74, 6) is -3.44. The number of alkyl halides is 3. The standard InChI is InChI=1S/C38H52F2INO5/c1-7-9-10-13-26-14-17-30(27(8-2)22-26)31-23-28-15-16-29(24-33(28)47-34(31)43)45-20-11-18-38(39,40)19-12-21-46-35(44)32(37(5,6)42)25-36(3,4)41/h14-17,22-24,32H,7-13,18-21,25,42H2,1-6H3. The molecule has 6 nitrogen and oxygen atoms in total. The third-order valence-electron chi connectivity index (χ3n) is 8.38. The SMILES string of the molecule is CCCCCc1ccc(-c2cc3ccc(OCCCC(F)(F)CCCOC(=O)C(CC(C)(C)I)C(C)(C)N)cc3oc2=O)c(CC)c1. The maximum atomic E-state index is 14.6. The zero-order valence-corrected chi connectivity index (χ0v) is 31.0. The molecule has 0 aliphatic carbocycles. The molecule has 0 radical (unpaired) electrons. The molecule has 0 bridgehead atoms. The van der Waals surface area contributed by atoms with E-state index in [9.17, 15) is 18.4 Å². The van der Waals surface area contributed by atoms with Crippen molar-refractivity contribution in [3.63, 3.8) is 0 Å². The predicted molar refractivity (Wildman–Crippen MR) is 195 cm³/mol. The van der Waals surface area contributed by atoms with Crippen LogP contribution in [0, 0.1) is 5.92 Å². The molecule has 1 aromatic heterocycles. The van der Waals surface area contributed by atoms with E-state index in [0.717, 1.165) is 35.8 Å². The second-order valence-corrected chi connectivity index (χ2v) is 16.7. The summed E-state index contributed by atoms with van der Waals surface area (Å²) in [7, 11) is 0. The van der Waals surface area contributed by atoms with Gasteiger partial charge in [0, 0.05) is 33.3 Å². The van der Waals surface area contributed by atoms with Crippen LogP contribution < -0.4 is 16.1 Å². The van der Waals surface area contributed by atoms with Crippen LogP contribution in [0.25, 0.3) is 22.1 Å². The first-order valence-corrected chi connectivity index (χ1v) is 18.0. The minimum Gasteiger partial charge on any atom is -0.493 e. The van der Waals surface area contributed by atoms with Gasteiger partial charge in [-0.3, -0.25) is 4.79 Å². The first kappa shape index (κ1) is 38.9. The van der Waals surface area contributed by atoms with E-state index < -0.39 is 29.0 Å². The van der Waals surface area contributed by atoms with Gasteiger partial charge in [-0.15, -0.1) is 0 Å². The van der Waals surface area contributed by atoms with Crippen molar-refractivity contribution < 1.29 is 27.5 Å². The number of carbonyl (C=O) groups excluding carboxylic acids is 1. The average molecular weight is 768 g/mol. The number of ether oxygens (including phenoxy) is 2. The van der Waals surface area contributed by atoms with Gasteiger partial charge < -0.3 is 19.6 Å². The van der Waals surface area contributed by atoms with Gasteiger partial charge in [-0.2, -0.15) is 0 Å². The van der Waals surface area contributed by atoms with E-state index in [-0.39, 0.29) is 42.3 Å². The van der Waals surface area contributed by atoms with Crippen LogP contribution in [-0.2, 0) is 22.4 Å². The van der Waals surface area contributed by atoms with Crippen molar-refractivity contribution in [2.45, 2.75) is 121 Å². The van der Waals surface area contributed by atoms with Crippen LogP contribution in [-0.4, -0.2) is 34.1 Å². The van der Waals surface area contributed by atoms with E-state index in [4.69, 9.17) is 19.6 Å². The predicted octanol–water partition coefficient (Wildman–Crippen LogP) is 9.83. The van der Waals surface area contributed by atoms with E-state index >= 15 is 0 Å². The Bertz CT molecular complexity index is 1520. The van der Waals surface area contributed by atoms with Crippen LogP contribution in [0.3, 0.4) is 0 Å². The lowest BCUT2D eigenvalue weighted by Crippen LogP contribution is -2.47. The number of rotatable bonds is 19. The van der Waals surface area contributed by atoms with Crippen LogP contribution in [0.5, 0.6) is 5.75 Å². The molecule has 2 N–H and O–H groups in total. The Kier molecular flexibility index (Phi) is 14.3. The van der Waals surface area contributed by atoms with Gasteiger partial charge >= 0.3 is 11.6 Å². The van der Waals surface area contributed by atoms with Crippen molar-refractivity contribution in [2.24, 2.45) is 11.7 Å². The maximum absolute atomic E-state index is 14.6. The Morgan fingerprint density at radius 2 is 1.64 bits per heavy atom. The fourth-order valence-corrected chi connectivity index (χ4v) is 6.13. The number of fused-ring (bicyclic) bond motifs is 1. The second-order valence-electron chi connectivity index (χ2n) is 13.8. The lowest BCUT2D eigenvalue weighted by molar-refractivity contribution is -0.151. The Labute approximate surface area is 292 Å². The Morgan fingerprint density at radius 3 is 2.28 bits per heavy atom. The van der Waals surface area contributed by atoms with Crippen molar-refractivity contribution in [1.29, 1.82) is 0 Å². The van der Waals surface area contributed by atoms with Crippen LogP contribution in [0.2, 0.25) is 0 Å². The molecule has 47 heavy (non-hydrogen) atoms. The Balaban J connectivity index is 1.51. The van der Waals surface area contributed by atoms with Gasteiger partial charge in [0.15, 0.2) is 0 Å². The summed E-state index contributed by atoms with van der Waals surface area (Å²) in [6.45, 7) is 11.9. The van der Waals surface area contributed by atoms with E-state index in [1.165, 1.54) is 18.4 Å². The number of halogens is 3. The van der Waals surface area contributed by atoms with Crippen LogP contribution >= 0.6 is 22.6 Å². The van der Waals surface area contributed by atoms with Gasteiger partial charge in [0.2, 0.25) is 5.92 Å². The highest BCUT2D eigenvalue weighted by molar-refractivity contribution is 14.1. The van der Waals surface area contributed by atoms with Crippen molar-refractivity contribution in [1.82, 2.24) is 0 Å². The third-order valence-corrected chi connectivity index (χ3v) is 8.82. The summed E-state index contributed by atoms with van der Waals surface area (Å²) in [6, 6.07) is 13.3. The smallest absolute Gasteiger partial charge is 0.344 e. The van der Waals surface area contributed by atoms with E-state index in [0.29, 0.717) is 23.3 Å². The van der Waals surface area contributed by atoms with Crippen molar-refractivity contribution in [3.05, 3.63) is 64.0 Å². The monoisotopic (exact) mass is 767 g/mol. The molecule has 1 heterocycles. The number of hydrogen-bond donors (Lipinski definition) is 1. The number of hydrogen-bond acceptors (Lipinski definition) is 6. The van der Waals surface area contributed by atoms with Gasteiger partial charge in [0.05, 0.1) is 24.7 Å².